The highest BCUT2D eigenvalue weighted by molar-refractivity contribution is 5.93. The second-order valence-electron chi connectivity index (χ2n) is 7.49. The molecule has 1 fully saturated rings. The van der Waals surface area contributed by atoms with Crippen molar-refractivity contribution in [3.63, 3.8) is 0 Å². The Morgan fingerprint density at radius 2 is 2.08 bits per heavy atom. The summed E-state index contributed by atoms with van der Waals surface area (Å²) >= 11 is 0. The first-order valence-corrected chi connectivity index (χ1v) is 9.80. The van der Waals surface area contributed by atoms with Crippen molar-refractivity contribution in [2.24, 2.45) is 22.6 Å². The number of rotatable bonds is 6. The largest absolute Gasteiger partial charge is 0.330 e. The fourth-order valence-corrected chi connectivity index (χ4v) is 4.38. The van der Waals surface area contributed by atoms with Crippen LogP contribution in [0.1, 0.15) is 51.3 Å². The third-order valence-electron chi connectivity index (χ3n) is 5.67. The molecule has 1 saturated heterocycles. The molecule has 0 radical (unpaired) electrons. The predicted molar refractivity (Wildman–Crippen MR) is 105 cm³/mol. The van der Waals surface area contributed by atoms with Gasteiger partial charge in [-0.1, -0.05) is 32.1 Å². The zero-order valence-electron chi connectivity index (χ0n) is 15.6. The summed E-state index contributed by atoms with van der Waals surface area (Å²) in [5, 5.41) is 0. The number of unbranched alkanes of at least 4 members (excludes halogenated alkanes) is 1. The van der Waals surface area contributed by atoms with Crippen molar-refractivity contribution in [3.8, 4) is 0 Å². The predicted octanol–water partition coefficient (Wildman–Crippen LogP) is 3.61. The van der Waals surface area contributed by atoms with Crippen molar-refractivity contribution in [1.29, 1.82) is 0 Å². The summed E-state index contributed by atoms with van der Waals surface area (Å²) in [4.78, 5) is 12.3. The Bertz CT molecular complexity index is 595. The molecule has 0 spiro atoms. The molecule has 136 valence electrons. The summed E-state index contributed by atoms with van der Waals surface area (Å²) in [6.45, 7) is 7.34. The van der Waals surface area contributed by atoms with Crippen LogP contribution in [0.3, 0.4) is 0 Å². The van der Waals surface area contributed by atoms with Crippen LogP contribution in [-0.2, 0) is 0 Å². The van der Waals surface area contributed by atoms with E-state index in [9.17, 15) is 0 Å². The Kier molecular flexibility index (Phi) is 6.38. The lowest BCUT2D eigenvalue weighted by Crippen LogP contribution is -2.52. The minimum atomic E-state index is 0.390. The molecule has 0 saturated carbocycles. The number of hydrogen-bond donors (Lipinski definition) is 1. The van der Waals surface area contributed by atoms with Crippen LogP contribution < -0.4 is 5.73 Å². The van der Waals surface area contributed by atoms with Gasteiger partial charge in [-0.25, -0.2) is 0 Å². The second-order valence-corrected chi connectivity index (χ2v) is 7.49. The van der Waals surface area contributed by atoms with Crippen LogP contribution in [0, 0.1) is 11.8 Å². The molecule has 1 aromatic rings. The molecular formula is C21H32N4. The first kappa shape index (κ1) is 18.3. The lowest BCUT2D eigenvalue weighted by atomic mass is 9.79. The van der Waals surface area contributed by atoms with E-state index in [2.05, 4.69) is 48.0 Å². The standard InChI is InChI=1S/C21H32N4/c1-16-8-7-14-24-20(16)21-17(2)10-11-19(18-9-3-5-13-23-18)25(21)15-6-4-12-22/h3,5,7-9,13,16-17,19,21H,4,6,10-12,14-15,22H2,1-2H3. The monoisotopic (exact) mass is 340 g/mol. The molecule has 2 N–H and O–H groups in total. The van der Waals surface area contributed by atoms with E-state index in [0.29, 0.717) is 23.9 Å². The minimum Gasteiger partial charge on any atom is -0.330 e. The van der Waals surface area contributed by atoms with Gasteiger partial charge in [0.15, 0.2) is 0 Å². The van der Waals surface area contributed by atoms with Crippen LogP contribution in [0.15, 0.2) is 41.5 Å². The van der Waals surface area contributed by atoms with E-state index in [4.69, 9.17) is 10.7 Å². The number of hydrogen-bond acceptors (Lipinski definition) is 4. The van der Waals surface area contributed by atoms with Gasteiger partial charge < -0.3 is 5.73 Å². The number of aromatic nitrogens is 1. The van der Waals surface area contributed by atoms with Crippen LogP contribution in [-0.4, -0.2) is 41.3 Å². The number of allylic oxidation sites excluding steroid dienone is 1. The van der Waals surface area contributed by atoms with Crippen LogP contribution in [0.2, 0.25) is 0 Å². The Morgan fingerprint density at radius 3 is 2.80 bits per heavy atom. The van der Waals surface area contributed by atoms with Gasteiger partial charge in [0.05, 0.1) is 24.3 Å². The van der Waals surface area contributed by atoms with E-state index in [1.807, 2.05) is 12.3 Å². The third-order valence-corrected chi connectivity index (χ3v) is 5.67. The van der Waals surface area contributed by atoms with Crippen LogP contribution in [0.25, 0.3) is 0 Å². The van der Waals surface area contributed by atoms with Gasteiger partial charge in [0.1, 0.15) is 0 Å². The van der Waals surface area contributed by atoms with Crippen LogP contribution in [0.4, 0.5) is 0 Å². The zero-order chi connectivity index (χ0) is 17.6. The molecule has 2 aliphatic heterocycles. The highest BCUT2D eigenvalue weighted by Gasteiger charge is 2.40. The van der Waals surface area contributed by atoms with E-state index >= 15 is 0 Å². The highest BCUT2D eigenvalue weighted by Crippen LogP contribution is 2.38. The van der Waals surface area contributed by atoms with Gasteiger partial charge >= 0.3 is 0 Å². The first-order chi connectivity index (χ1) is 12.2. The SMILES string of the molecule is CC1C=CCN=C1C1C(C)CCC(c2ccccn2)N1CCCCN. The number of aliphatic imine (C=N–C) groups is 1. The number of piperidine rings is 1. The molecule has 4 atom stereocenters. The Balaban J connectivity index is 1.90. The average molecular weight is 341 g/mol. The average Bonchev–Trinajstić information content (AvgIpc) is 2.64. The van der Waals surface area contributed by atoms with Crippen molar-refractivity contribution >= 4 is 5.71 Å². The van der Waals surface area contributed by atoms with Crippen molar-refractivity contribution < 1.29 is 0 Å². The number of nitrogens with two attached hydrogens (primary N) is 1. The van der Waals surface area contributed by atoms with Crippen molar-refractivity contribution in [1.82, 2.24) is 9.88 Å². The maximum atomic E-state index is 5.75. The lowest BCUT2D eigenvalue weighted by molar-refractivity contribution is 0.0753. The fraction of sp³-hybridized carbons (Fsp3) is 0.619. The van der Waals surface area contributed by atoms with E-state index in [1.165, 1.54) is 24.2 Å². The number of pyridine rings is 1. The molecule has 2 aliphatic rings. The molecule has 25 heavy (non-hydrogen) atoms. The molecule has 1 aromatic heterocycles. The lowest BCUT2D eigenvalue weighted by Gasteiger charge is -2.47. The topological polar surface area (TPSA) is 54.5 Å². The Hall–Kier alpha value is -1.52. The summed E-state index contributed by atoms with van der Waals surface area (Å²) < 4.78 is 0. The molecule has 4 heteroatoms. The number of nitrogens with zero attached hydrogens (tertiary/aromatic N) is 3. The van der Waals surface area contributed by atoms with Gasteiger partial charge in [-0.05, 0) is 56.8 Å². The molecule has 4 nitrogen and oxygen atoms in total. The van der Waals surface area contributed by atoms with Gasteiger partial charge in [-0.15, -0.1) is 0 Å². The summed E-state index contributed by atoms with van der Waals surface area (Å²) in [5.41, 5.74) is 8.32. The smallest absolute Gasteiger partial charge is 0.0575 e. The molecule has 3 rings (SSSR count). The minimum absolute atomic E-state index is 0.390. The maximum absolute atomic E-state index is 5.75. The van der Waals surface area contributed by atoms with Gasteiger partial charge in [0, 0.05) is 17.8 Å². The van der Waals surface area contributed by atoms with Crippen molar-refractivity contribution in [3.05, 3.63) is 42.2 Å². The Morgan fingerprint density at radius 1 is 1.20 bits per heavy atom. The van der Waals surface area contributed by atoms with E-state index in [-0.39, 0.29) is 0 Å². The summed E-state index contributed by atoms with van der Waals surface area (Å²) in [7, 11) is 0. The molecule has 0 aromatic carbocycles. The molecule has 3 heterocycles. The molecular weight excluding hydrogens is 308 g/mol. The molecule has 0 bridgehead atoms. The number of dihydropyridines is 1. The number of likely N-dealkylation sites (tertiary alicyclic amines) is 1. The first-order valence-electron chi connectivity index (χ1n) is 9.80. The van der Waals surface area contributed by atoms with Crippen molar-refractivity contribution in [2.45, 2.75) is 51.6 Å². The van der Waals surface area contributed by atoms with Gasteiger partial charge in [0.25, 0.3) is 0 Å². The summed E-state index contributed by atoms with van der Waals surface area (Å²) in [6.07, 6.45) is 11.1. The van der Waals surface area contributed by atoms with E-state index < -0.39 is 0 Å². The maximum Gasteiger partial charge on any atom is 0.0575 e. The Labute approximate surface area is 152 Å². The molecule has 0 amide bonds. The van der Waals surface area contributed by atoms with Gasteiger partial charge in [-0.2, -0.15) is 0 Å². The van der Waals surface area contributed by atoms with Gasteiger partial charge in [-0.3, -0.25) is 14.9 Å². The highest BCUT2D eigenvalue weighted by atomic mass is 15.2. The normalized spacial score (nSPS) is 30.3. The van der Waals surface area contributed by atoms with E-state index in [1.54, 1.807) is 0 Å². The summed E-state index contributed by atoms with van der Waals surface area (Å²) in [5.74, 6) is 1.06. The molecule has 4 unspecified atom stereocenters. The quantitative estimate of drug-likeness (QED) is 0.636. The van der Waals surface area contributed by atoms with Gasteiger partial charge in [0.2, 0.25) is 0 Å². The van der Waals surface area contributed by atoms with Crippen molar-refractivity contribution in [2.75, 3.05) is 19.6 Å². The molecule has 0 aliphatic carbocycles. The van der Waals surface area contributed by atoms with E-state index in [0.717, 1.165) is 32.5 Å². The zero-order valence-corrected chi connectivity index (χ0v) is 15.6. The van der Waals surface area contributed by atoms with Crippen LogP contribution >= 0.6 is 0 Å². The fourth-order valence-electron chi connectivity index (χ4n) is 4.38. The van der Waals surface area contributed by atoms with Crippen LogP contribution in [0.5, 0.6) is 0 Å². The summed E-state index contributed by atoms with van der Waals surface area (Å²) in [6, 6.07) is 7.10. The second kappa shape index (κ2) is 8.72. The third kappa shape index (κ3) is 4.18.